The quantitative estimate of drug-likeness (QED) is 0.664. The van der Waals surface area contributed by atoms with Crippen molar-refractivity contribution < 1.29 is 19.1 Å². The summed E-state index contributed by atoms with van der Waals surface area (Å²) in [6, 6.07) is 0. The fourth-order valence-corrected chi connectivity index (χ4v) is 7.53. The lowest BCUT2D eigenvalue weighted by atomic mass is 9.52. The highest BCUT2D eigenvalue weighted by Gasteiger charge is 2.65. The first-order chi connectivity index (χ1) is 12.8. The van der Waals surface area contributed by atoms with Gasteiger partial charge >= 0.3 is 5.97 Å². The van der Waals surface area contributed by atoms with Gasteiger partial charge in [0.2, 0.25) is 0 Å². The lowest BCUT2D eigenvalue weighted by Gasteiger charge is -2.57. The number of hydrogen-bond donors (Lipinski definition) is 0. The van der Waals surface area contributed by atoms with Crippen molar-refractivity contribution in [2.24, 2.45) is 35.0 Å². The van der Waals surface area contributed by atoms with Crippen LogP contribution in [0.4, 0.5) is 0 Å². The molecule has 1 spiro atoms. The third-order valence-electron chi connectivity index (χ3n) is 8.84. The van der Waals surface area contributed by atoms with Crippen molar-refractivity contribution in [1.29, 1.82) is 0 Å². The number of rotatable bonds is 2. The molecule has 0 N–H and O–H groups in total. The fraction of sp³-hybridized carbons (Fsp3) is 0.913. The number of ketones is 1. The minimum Gasteiger partial charge on any atom is -0.469 e. The molecule has 27 heavy (non-hydrogen) atoms. The number of methoxy groups -OCH3 is 1. The highest BCUT2D eigenvalue weighted by Crippen LogP contribution is 2.64. The van der Waals surface area contributed by atoms with Gasteiger partial charge in [0.1, 0.15) is 5.60 Å². The Labute approximate surface area is 163 Å². The van der Waals surface area contributed by atoms with E-state index in [0.717, 1.165) is 44.9 Å². The monoisotopic (exact) mass is 376 g/mol. The minimum atomic E-state index is -0.531. The number of hydrogen-bond acceptors (Lipinski definition) is 4. The fourth-order valence-electron chi connectivity index (χ4n) is 7.53. The van der Waals surface area contributed by atoms with E-state index in [1.54, 1.807) is 0 Å². The Morgan fingerprint density at radius 3 is 2.67 bits per heavy atom. The Bertz CT molecular complexity index is 615. The van der Waals surface area contributed by atoms with Crippen molar-refractivity contribution in [3.8, 4) is 0 Å². The standard InChI is InChI=1S/C23H36O4/c1-14-7-8-19-18-10-9-17(15(2)21(25)26-4)22(18,3)13-20(24)23(19)11-5-6-16(12-14)27-23/h14-19H,5-13H2,1-4H3/t14-,15+,16-,17+,18-,19+,22+,23+/m1/s1. The van der Waals surface area contributed by atoms with E-state index in [9.17, 15) is 9.59 Å². The molecule has 0 aromatic heterocycles. The van der Waals surface area contributed by atoms with Crippen molar-refractivity contribution in [2.75, 3.05) is 7.11 Å². The summed E-state index contributed by atoms with van der Waals surface area (Å²) in [6.45, 7) is 6.61. The van der Waals surface area contributed by atoms with Crippen molar-refractivity contribution in [1.82, 2.24) is 0 Å². The van der Waals surface area contributed by atoms with Crippen molar-refractivity contribution in [3.63, 3.8) is 0 Å². The number of ether oxygens (including phenoxy) is 2. The van der Waals surface area contributed by atoms with Crippen molar-refractivity contribution >= 4 is 11.8 Å². The Morgan fingerprint density at radius 2 is 1.93 bits per heavy atom. The molecule has 2 bridgehead atoms. The summed E-state index contributed by atoms with van der Waals surface area (Å²) >= 11 is 0. The molecule has 2 aliphatic heterocycles. The molecule has 4 rings (SSSR count). The van der Waals surface area contributed by atoms with Crippen LogP contribution in [0.15, 0.2) is 0 Å². The van der Waals surface area contributed by atoms with Crippen LogP contribution in [0.2, 0.25) is 0 Å². The first-order valence-electron chi connectivity index (χ1n) is 11.1. The van der Waals surface area contributed by atoms with E-state index in [1.165, 1.54) is 13.5 Å². The minimum absolute atomic E-state index is 0.0979. The average Bonchev–Trinajstić information content (AvgIpc) is 2.96. The van der Waals surface area contributed by atoms with Crippen LogP contribution < -0.4 is 0 Å². The highest BCUT2D eigenvalue weighted by atomic mass is 16.5. The summed E-state index contributed by atoms with van der Waals surface area (Å²) in [7, 11) is 1.47. The van der Waals surface area contributed by atoms with E-state index in [-0.39, 0.29) is 29.3 Å². The van der Waals surface area contributed by atoms with Gasteiger partial charge in [-0.15, -0.1) is 0 Å². The molecule has 2 heterocycles. The molecule has 4 fully saturated rings. The molecular weight excluding hydrogens is 340 g/mol. The van der Waals surface area contributed by atoms with Gasteiger partial charge in [-0.1, -0.05) is 27.2 Å². The van der Waals surface area contributed by atoms with Crippen molar-refractivity contribution in [3.05, 3.63) is 0 Å². The van der Waals surface area contributed by atoms with Crippen LogP contribution in [-0.4, -0.2) is 30.6 Å². The van der Waals surface area contributed by atoms with Gasteiger partial charge in [0, 0.05) is 6.42 Å². The first kappa shape index (κ1) is 19.4. The molecule has 0 aromatic carbocycles. The van der Waals surface area contributed by atoms with Gasteiger partial charge in [-0.3, -0.25) is 9.59 Å². The Hall–Kier alpha value is -0.900. The first-order valence-corrected chi connectivity index (χ1v) is 11.1. The molecule has 0 amide bonds. The van der Waals surface area contributed by atoms with Crippen LogP contribution >= 0.6 is 0 Å². The molecule has 2 saturated heterocycles. The summed E-state index contributed by atoms with van der Waals surface area (Å²) < 4.78 is 11.7. The average molecular weight is 377 g/mol. The van der Waals surface area contributed by atoms with E-state index in [4.69, 9.17) is 9.47 Å². The maximum absolute atomic E-state index is 13.6. The van der Waals surface area contributed by atoms with E-state index < -0.39 is 5.60 Å². The van der Waals surface area contributed by atoms with Crippen LogP contribution in [0.5, 0.6) is 0 Å². The van der Waals surface area contributed by atoms with Crippen LogP contribution in [0, 0.1) is 35.0 Å². The molecular formula is C23H36O4. The SMILES string of the molecule is COC(=O)[C@@H](C)[C@@H]1CC[C@@H]2[C@@H]3CC[C@@H](C)C[C@H]4CCC[C@@]3(O4)C(=O)C[C@]21C. The van der Waals surface area contributed by atoms with Crippen LogP contribution in [-0.2, 0) is 19.1 Å². The molecule has 4 heteroatoms. The van der Waals surface area contributed by atoms with Gasteiger partial charge < -0.3 is 9.47 Å². The second-order valence-corrected chi connectivity index (χ2v) is 10.3. The predicted molar refractivity (Wildman–Crippen MR) is 103 cm³/mol. The van der Waals surface area contributed by atoms with Crippen LogP contribution in [0.3, 0.4) is 0 Å². The molecule has 0 unspecified atom stereocenters. The molecule has 0 radical (unpaired) electrons. The Balaban J connectivity index is 1.69. The number of fused-ring (bicyclic) bond motifs is 3. The normalized spacial score (nSPS) is 48.0. The van der Waals surface area contributed by atoms with Gasteiger partial charge in [-0.25, -0.2) is 0 Å². The van der Waals surface area contributed by atoms with Crippen LogP contribution in [0.25, 0.3) is 0 Å². The van der Waals surface area contributed by atoms with Gasteiger partial charge in [-0.05, 0) is 74.0 Å². The number of carbonyl (C=O) groups is 2. The molecule has 152 valence electrons. The lowest BCUT2D eigenvalue weighted by Crippen LogP contribution is -2.62. The smallest absolute Gasteiger partial charge is 0.308 e. The predicted octanol–water partition coefficient (Wildman–Crippen LogP) is 4.54. The van der Waals surface area contributed by atoms with Crippen LogP contribution in [0.1, 0.15) is 78.6 Å². The summed E-state index contributed by atoms with van der Waals surface area (Å²) in [5.41, 5.74) is -0.629. The highest BCUT2D eigenvalue weighted by molar-refractivity contribution is 5.90. The summed E-state index contributed by atoms with van der Waals surface area (Å²) in [5, 5.41) is 0. The maximum atomic E-state index is 13.6. The third kappa shape index (κ3) is 2.89. The zero-order valence-corrected chi connectivity index (χ0v) is 17.5. The number of esters is 1. The summed E-state index contributed by atoms with van der Waals surface area (Å²) in [4.78, 5) is 25.9. The number of carbonyl (C=O) groups excluding carboxylic acids is 2. The molecule has 0 aromatic rings. The molecule has 8 atom stereocenters. The van der Waals surface area contributed by atoms with Gasteiger partial charge in [0.25, 0.3) is 0 Å². The van der Waals surface area contributed by atoms with Gasteiger partial charge in [-0.2, -0.15) is 0 Å². The largest absolute Gasteiger partial charge is 0.469 e. The molecule has 4 nitrogen and oxygen atoms in total. The molecule has 2 saturated carbocycles. The second-order valence-electron chi connectivity index (χ2n) is 10.3. The second kappa shape index (κ2) is 6.86. The topological polar surface area (TPSA) is 52.6 Å². The van der Waals surface area contributed by atoms with Gasteiger partial charge in [0.05, 0.1) is 19.1 Å². The third-order valence-corrected chi connectivity index (χ3v) is 8.84. The molecule has 2 aliphatic carbocycles. The zero-order valence-electron chi connectivity index (χ0n) is 17.5. The van der Waals surface area contributed by atoms with E-state index >= 15 is 0 Å². The summed E-state index contributed by atoms with van der Waals surface area (Å²) in [6.07, 6.45) is 9.50. The van der Waals surface area contributed by atoms with E-state index in [1.807, 2.05) is 6.92 Å². The summed E-state index contributed by atoms with van der Waals surface area (Å²) in [5.74, 6) is 1.77. The lowest BCUT2D eigenvalue weighted by molar-refractivity contribution is -0.213. The van der Waals surface area contributed by atoms with Crippen molar-refractivity contribution in [2.45, 2.75) is 90.3 Å². The Kier molecular flexibility index (Phi) is 4.93. The van der Waals surface area contributed by atoms with Gasteiger partial charge in [0.15, 0.2) is 5.78 Å². The Morgan fingerprint density at radius 1 is 1.19 bits per heavy atom. The number of Topliss-reactive ketones (excluding diaryl/α,β-unsaturated/α-hetero) is 1. The van der Waals surface area contributed by atoms with E-state index in [2.05, 4.69) is 13.8 Å². The maximum Gasteiger partial charge on any atom is 0.308 e. The zero-order chi connectivity index (χ0) is 19.4. The van der Waals surface area contributed by atoms with E-state index in [0.29, 0.717) is 30.0 Å². The molecule has 4 aliphatic rings.